The zero-order chi connectivity index (χ0) is 7.85. The molecule has 0 spiro atoms. The molecule has 0 atom stereocenters. The second-order valence-corrected chi connectivity index (χ2v) is 18.7. The van der Waals surface area contributed by atoms with Crippen LogP contribution in [0.15, 0.2) is 18.3 Å². The third-order valence-corrected chi connectivity index (χ3v) is 5.60. The van der Waals surface area contributed by atoms with Gasteiger partial charge in [-0.2, -0.15) is 0 Å². The fraction of sp³-hybridized carbons (Fsp3) is 0.500. The Bertz CT molecular complexity index is 206. The number of hydrogen-bond acceptors (Lipinski definition) is 0. The van der Waals surface area contributed by atoms with Crippen LogP contribution in [0.5, 0.6) is 0 Å². The molecule has 2 heteroatoms. The number of aromatic amines is 1. The maximum atomic E-state index is 3.30. The second kappa shape index (κ2) is 1.95. The molecule has 0 saturated heterocycles. The third-order valence-electron chi connectivity index (χ3n) is 1.31. The molecule has 0 aliphatic heterocycles. The van der Waals surface area contributed by atoms with Crippen molar-refractivity contribution in [3.63, 3.8) is 0 Å². The van der Waals surface area contributed by atoms with Gasteiger partial charge in [0.2, 0.25) is 0 Å². The Balaban J connectivity index is 3.09. The van der Waals surface area contributed by atoms with Gasteiger partial charge in [0.25, 0.3) is 0 Å². The summed E-state index contributed by atoms with van der Waals surface area (Å²) in [4.78, 5) is 3.30. The van der Waals surface area contributed by atoms with E-state index in [1.807, 2.05) is 6.20 Å². The molecule has 0 aliphatic carbocycles. The van der Waals surface area contributed by atoms with Crippen molar-refractivity contribution in [3.8, 4) is 0 Å². The van der Waals surface area contributed by atoms with Gasteiger partial charge in [0.15, 0.2) is 0 Å². The molecule has 10 heavy (non-hydrogen) atoms. The molecule has 1 N–H and O–H groups in total. The molecule has 0 aromatic carbocycles. The normalized spacial score (nSPS) is 16.2. The van der Waals surface area contributed by atoms with Gasteiger partial charge in [0.05, 0.1) is 0 Å². The summed E-state index contributed by atoms with van der Waals surface area (Å²) in [6.07, 6.45) is 2.01. The summed E-state index contributed by atoms with van der Waals surface area (Å²) in [7, 11) is 0. The van der Waals surface area contributed by atoms with Crippen LogP contribution in [-0.4, -0.2) is 4.98 Å². The predicted octanol–water partition coefficient (Wildman–Crippen LogP) is 2.52. The minimum absolute atomic E-state index is 1.46. The zero-order valence-corrected chi connectivity index (χ0v) is 8.82. The molecule has 0 saturated carbocycles. The van der Waals surface area contributed by atoms with Gasteiger partial charge in [-0.15, -0.1) is 0 Å². The van der Waals surface area contributed by atoms with Crippen LogP contribution in [0, 0.1) is 0 Å². The van der Waals surface area contributed by atoms with Gasteiger partial charge in [-0.3, -0.25) is 0 Å². The standard InChI is InChI=1S/C4H4N.4CH3.Ru/c1-2-4-5-3-1;;;;;/h1-3,5H;4*1H3;. The van der Waals surface area contributed by atoms with E-state index in [0.717, 1.165) is 0 Å². The Kier molecular flexibility index (Phi) is 1.56. The zero-order valence-electron chi connectivity index (χ0n) is 7.09. The SMILES string of the molecule is [CH3][Ru]([CH3])([CH3])([CH3])[c]1ccc[nH]1. The first-order chi connectivity index (χ1) is 4.36. The van der Waals surface area contributed by atoms with E-state index in [2.05, 4.69) is 39.2 Å². The molecule has 1 aromatic heterocycles. The number of rotatable bonds is 1. The van der Waals surface area contributed by atoms with Crippen molar-refractivity contribution in [1.29, 1.82) is 0 Å². The average molecular weight is 227 g/mol. The molecule has 61 valence electrons. The predicted molar refractivity (Wildman–Crippen MR) is 43.9 cm³/mol. The van der Waals surface area contributed by atoms with Gasteiger partial charge in [-0.1, -0.05) is 0 Å². The molecule has 1 heterocycles. The Morgan fingerprint density at radius 3 is 2.00 bits per heavy atom. The van der Waals surface area contributed by atoms with Crippen molar-refractivity contribution in [2.45, 2.75) is 22.1 Å². The molecule has 1 aromatic rings. The van der Waals surface area contributed by atoms with E-state index in [4.69, 9.17) is 0 Å². The summed E-state index contributed by atoms with van der Waals surface area (Å²) in [5, 5.41) is 0. The molecule has 0 aliphatic rings. The van der Waals surface area contributed by atoms with Crippen molar-refractivity contribution in [1.82, 2.24) is 4.98 Å². The fourth-order valence-electron chi connectivity index (χ4n) is 0.744. The molecular weight excluding hydrogens is 211 g/mol. The Hall–Kier alpha value is -0.0966. The van der Waals surface area contributed by atoms with Crippen LogP contribution in [0.4, 0.5) is 0 Å². The van der Waals surface area contributed by atoms with Gasteiger partial charge in [-0.25, -0.2) is 0 Å². The van der Waals surface area contributed by atoms with E-state index in [-0.39, 0.29) is 0 Å². The summed E-state index contributed by atoms with van der Waals surface area (Å²) < 4.78 is 1.46. The first-order valence-electron chi connectivity index (χ1n) is 3.09. The summed E-state index contributed by atoms with van der Waals surface area (Å²) in [5.74, 6) is 0. The number of H-pyrrole nitrogens is 1. The van der Waals surface area contributed by atoms with Crippen molar-refractivity contribution >= 4 is 4.29 Å². The maximum absolute atomic E-state index is 3.30. The van der Waals surface area contributed by atoms with Gasteiger partial charge in [0.1, 0.15) is 0 Å². The summed E-state index contributed by atoms with van der Waals surface area (Å²) in [5.41, 5.74) is 9.57. The van der Waals surface area contributed by atoms with Crippen LogP contribution in [0.2, 0.25) is 22.1 Å². The quantitative estimate of drug-likeness (QED) is 0.710. The first kappa shape index (κ1) is 8.00. The van der Waals surface area contributed by atoms with Crippen molar-refractivity contribution < 1.29 is 13.6 Å². The Morgan fingerprint density at radius 1 is 1.20 bits per heavy atom. The van der Waals surface area contributed by atoms with Crippen molar-refractivity contribution in [3.05, 3.63) is 18.3 Å². The van der Waals surface area contributed by atoms with Gasteiger partial charge in [-0.05, 0) is 0 Å². The van der Waals surface area contributed by atoms with Crippen LogP contribution >= 0.6 is 0 Å². The molecule has 0 radical (unpaired) electrons. The molecular formula is C8H16NRu. The monoisotopic (exact) mass is 228 g/mol. The van der Waals surface area contributed by atoms with Gasteiger partial charge < -0.3 is 0 Å². The van der Waals surface area contributed by atoms with E-state index in [0.29, 0.717) is 0 Å². The summed E-state index contributed by atoms with van der Waals surface area (Å²) in [6.45, 7) is 0. The van der Waals surface area contributed by atoms with E-state index < -0.39 is 13.6 Å². The van der Waals surface area contributed by atoms with E-state index in [1.165, 1.54) is 4.29 Å². The van der Waals surface area contributed by atoms with Crippen LogP contribution in [0.25, 0.3) is 0 Å². The second-order valence-electron chi connectivity index (χ2n) is 3.83. The topological polar surface area (TPSA) is 15.8 Å². The first-order valence-corrected chi connectivity index (χ1v) is 10.9. The van der Waals surface area contributed by atoms with E-state index in [1.54, 1.807) is 0 Å². The van der Waals surface area contributed by atoms with Crippen LogP contribution in [0.3, 0.4) is 0 Å². The molecule has 1 rings (SSSR count). The summed E-state index contributed by atoms with van der Waals surface area (Å²) >= 11 is -1.98. The molecule has 0 bridgehead atoms. The van der Waals surface area contributed by atoms with Gasteiger partial charge in [0, 0.05) is 0 Å². The van der Waals surface area contributed by atoms with E-state index in [9.17, 15) is 0 Å². The van der Waals surface area contributed by atoms with E-state index >= 15 is 0 Å². The molecule has 0 fully saturated rings. The van der Waals surface area contributed by atoms with Crippen molar-refractivity contribution in [2.24, 2.45) is 0 Å². The molecule has 1 nitrogen and oxygen atoms in total. The van der Waals surface area contributed by atoms with Gasteiger partial charge >= 0.3 is 63.3 Å². The van der Waals surface area contributed by atoms with Crippen LogP contribution in [0.1, 0.15) is 0 Å². The number of aromatic nitrogens is 1. The number of nitrogens with one attached hydrogen (secondary N) is 1. The average Bonchev–Trinajstić information content (AvgIpc) is 2.04. The Morgan fingerprint density at radius 2 is 1.80 bits per heavy atom. The van der Waals surface area contributed by atoms with Crippen LogP contribution in [-0.2, 0) is 13.6 Å². The van der Waals surface area contributed by atoms with Crippen molar-refractivity contribution in [2.75, 3.05) is 0 Å². The molecule has 0 amide bonds. The minimum atomic E-state index is -1.98. The third kappa shape index (κ3) is 1.70. The number of hydrogen-bond donors (Lipinski definition) is 1. The van der Waals surface area contributed by atoms with Crippen LogP contribution < -0.4 is 4.29 Å². The molecule has 0 unspecified atom stereocenters. The summed E-state index contributed by atoms with van der Waals surface area (Å²) in [6, 6.07) is 4.28. The Labute approximate surface area is 63.6 Å². The fourth-order valence-corrected chi connectivity index (χ4v) is 3.22.